The third-order valence-corrected chi connectivity index (χ3v) is 11.6. The van der Waals surface area contributed by atoms with Crippen molar-refractivity contribution in [1.29, 1.82) is 0 Å². The number of hydrogen-bond donors (Lipinski definition) is 10. The van der Waals surface area contributed by atoms with Crippen LogP contribution in [0.4, 0.5) is 17.6 Å². The van der Waals surface area contributed by atoms with Crippen molar-refractivity contribution < 1.29 is 52.5 Å². The van der Waals surface area contributed by atoms with Crippen LogP contribution < -0.4 is 26.6 Å². The first-order valence-electron chi connectivity index (χ1n) is 19.0. The van der Waals surface area contributed by atoms with Gasteiger partial charge in [0.25, 0.3) is 21.9 Å². The Kier molecular flexibility index (Phi) is 13.6. The lowest BCUT2D eigenvalue weighted by Gasteiger charge is -2.17. The van der Waals surface area contributed by atoms with Gasteiger partial charge in [0.15, 0.2) is 58.6 Å². The number of carbonyl (C=O) groups is 2. The lowest BCUT2D eigenvalue weighted by Crippen LogP contribution is -2.41. The van der Waals surface area contributed by atoms with E-state index >= 15 is 0 Å². The van der Waals surface area contributed by atoms with Crippen LogP contribution in [-0.4, -0.2) is 142 Å². The normalized spacial score (nSPS) is 23.3. The van der Waals surface area contributed by atoms with Gasteiger partial charge >= 0.3 is 0 Å². The molecule has 26 heteroatoms. The summed E-state index contributed by atoms with van der Waals surface area (Å²) in [6.45, 7) is 0.696. The molecular formula is C37H42IN13O11S. The molecule has 8 atom stereocenters. The number of aliphatic hydroxyl groups excluding tert-OH is 4. The molecule has 8 rings (SSSR count). The molecule has 0 bridgehead atoms. The minimum Gasteiger partial charge on any atom is -0.387 e. The minimum atomic E-state index is -4.33. The van der Waals surface area contributed by atoms with Crippen molar-refractivity contribution in [3.05, 3.63) is 82.2 Å². The molecule has 10 N–H and O–H groups in total. The highest BCUT2D eigenvalue weighted by molar-refractivity contribution is 14.1. The SMILES string of the molecule is CNC(=O)C1OC(n2cnc3c(NCc4cccc(I)c4)nc(NC)nc32)C(O)C1O.CNC(=O)C1OC(n2cnc3c(NCc4cccc(S(=O)(=O)O)c4)ncnc32)C(O)C1O. The highest BCUT2D eigenvalue weighted by Crippen LogP contribution is 2.34. The predicted molar refractivity (Wildman–Crippen MR) is 230 cm³/mol. The molecule has 8 unspecified atom stereocenters. The molecule has 2 amide bonds. The van der Waals surface area contributed by atoms with Crippen LogP contribution >= 0.6 is 22.6 Å². The molecule has 0 aliphatic carbocycles. The number of hydrogen-bond acceptors (Lipinski definition) is 19. The zero-order valence-electron chi connectivity index (χ0n) is 33.4. The first-order valence-corrected chi connectivity index (χ1v) is 21.5. The predicted octanol–water partition coefficient (Wildman–Crippen LogP) is -0.500. The van der Waals surface area contributed by atoms with Crippen molar-refractivity contribution in [1.82, 2.24) is 49.7 Å². The third kappa shape index (κ3) is 9.48. The van der Waals surface area contributed by atoms with Gasteiger partial charge in [-0.2, -0.15) is 18.4 Å². The Morgan fingerprint density at radius 3 is 1.81 bits per heavy atom. The zero-order valence-corrected chi connectivity index (χ0v) is 36.4. The van der Waals surface area contributed by atoms with Crippen LogP contribution in [0.1, 0.15) is 23.6 Å². The van der Waals surface area contributed by atoms with Gasteiger partial charge in [0.05, 0.1) is 17.6 Å². The number of benzene rings is 2. The van der Waals surface area contributed by atoms with Crippen molar-refractivity contribution in [2.24, 2.45) is 0 Å². The monoisotopic (exact) mass is 1000 g/mol. The van der Waals surface area contributed by atoms with Gasteiger partial charge in [-0.05, 0) is 58.0 Å². The van der Waals surface area contributed by atoms with Crippen LogP contribution in [0.15, 0.2) is 72.4 Å². The van der Waals surface area contributed by atoms with Crippen molar-refractivity contribution in [2.45, 2.75) is 67.1 Å². The summed E-state index contributed by atoms with van der Waals surface area (Å²) in [7, 11) is 0.189. The molecule has 2 aromatic carbocycles. The largest absolute Gasteiger partial charge is 0.387 e. The molecule has 2 saturated heterocycles. The molecule has 24 nitrogen and oxygen atoms in total. The van der Waals surface area contributed by atoms with E-state index < -0.39 is 71.0 Å². The lowest BCUT2D eigenvalue weighted by molar-refractivity contribution is -0.137. The fraction of sp³-hybridized carbons (Fsp3) is 0.351. The fourth-order valence-electron chi connectivity index (χ4n) is 6.84. The number of halogens is 1. The van der Waals surface area contributed by atoms with Crippen LogP contribution in [0.25, 0.3) is 22.3 Å². The van der Waals surface area contributed by atoms with Crippen LogP contribution in [0, 0.1) is 3.57 Å². The number of ether oxygens (including phenoxy) is 2. The Labute approximate surface area is 371 Å². The quantitative estimate of drug-likeness (QED) is 0.0546. The van der Waals surface area contributed by atoms with Crippen LogP contribution in [-0.2, 0) is 42.3 Å². The number of nitrogens with one attached hydrogen (secondary N) is 5. The van der Waals surface area contributed by atoms with Gasteiger partial charge in [0.2, 0.25) is 5.95 Å². The summed E-state index contributed by atoms with van der Waals surface area (Å²) in [6.07, 6.45) is -6.11. The number of aliphatic hydroxyl groups is 4. The summed E-state index contributed by atoms with van der Waals surface area (Å²) in [4.78, 5) is 49.5. The van der Waals surface area contributed by atoms with Crippen LogP contribution in [0.3, 0.4) is 0 Å². The maximum atomic E-state index is 12.0. The van der Waals surface area contributed by atoms with Gasteiger partial charge < -0.3 is 56.5 Å². The molecular weight excluding hydrogens is 961 g/mol. The number of rotatable bonds is 12. The Morgan fingerprint density at radius 1 is 0.714 bits per heavy atom. The number of carbonyl (C=O) groups excluding carboxylic acids is 2. The molecule has 2 aliphatic heterocycles. The number of aromatic nitrogens is 8. The lowest BCUT2D eigenvalue weighted by atomic mass is 10.1. The Hall–Kier alpha value is -5.72. The van der Waals surface area contributed by atoms with E-state index in [1.165, 1.54) is 60.4 Å². The van der Waals surface area contributed by atoms with Crippen molar-refractivity contribution in [2.75, 3.05) is 37.1 Å². The number of amides is 2. The van der Waals surface area contributed by atoms with E-state index in [1.807, 2.05) is 18.2 Å². The smallest absolute Gasteiger partial charge is 0.294 e. The molecule has 2 fully saturated rings. The second kappa shape index (κ2) is 18.9. The Morgan fingerprint density at radius 2 is 1.25 bits per heavy atom. The Bertz CT molecular complexity index is 2740. The number of anilines is 3. The molecule has 4 aromatic heterocycles. The first kappa shape index (κ1) is 45.3. The van der Waals surface area contributed by atoms with Gasteiger partial charge in [-0.15, -0.1) is 0 Å². The average Bonchev–Trinajstić information content (AvgIpc) is 4.05. The summed E-state index contributed by atoms with van der Waals surface area (Å²) in [5.41, 5.74) is 3.11. The average molecular weight is 1000 g/mol. The van der Waals surface area contributed by atoms with Gasteiger partial charge in [0.1, 0.15) is 30.7 Å². The van der Waals surface area contributed by atoms with Crippen molar-refractivity contribution in [3.8, 4) is 0 Å². The second-order valence-corrected chi connectivity index (χ2v) is 16.7. The molecule has 6 heterocycles. The number of nitrogens with zero attached hydrogens (tertiary/aromatic N) is 8. The van der Waals surface area contributed by atoms with Gasteiger partial charge in [0, 0.05) is 37.8 Å². The molecule has 0 radical (unpaired) electrons. The van der Waals surface area contributed by atoms with E-state index in [9.17, 15) is 43.0 Å². The van der Waals surface area contributed by atoms with E-state index in [0.29, 0.717) is 46.4 Å². The van der Waals surface area contributed by atoms with Gasteiger partial charge in [-0.1, -0.05) is 24.3 Å². The first-order chi connectivity index (χ1) is 30.1. The summed E-state index contributed by atoms with van der Waals surface area (Å²) in [5, 5.41) is 55.3. The van der Waals surface area contributed by atoms with Crippen molar-refractivity contribution in [3.63, 3.8) is 0 Å². The number of imidazole rings is 2. The number of fused-ring (bicyclic) bond motifs is 2. The molecule has 0 saturated carbocycles. The summed E-state index contributed by atoms with van der Waals surface area (Å²) < 4.78 is 47.1. The maximum absolute atomic E-state index is 12.0. The van der Waals surface area contributed by atoms with E-state index in [4.69, 9.17) is 9.47 Å². The standard InChI is InChI=1S/C19H22IN7O4.C18H20N6O7S/c1-21-17(30)14-12(28)13(29)18(31-14)27-8-24-11-15(25-19(22-2)26-16(11)27)23-7-9-4-3-5-10(20)6-9;1-19-17(27)14-12(25)13(26)18(31-14)24-8-23-11-15(21-7-22-16(11)24)20-6-9-3-2-4-10(5-9)32(28,29)30/h3-6,8,12-14,18,28-29H,7H2,1-2H3,(H,21,30)(H2,22,23,25,26);2-5,7-8,12-14,18,25-26H,6H2,1H3,(H,19,27)(H,20,21,22)(H,28,29,30). The summed E-state index contributed by atoms with van der Waals surface area (Å²) >= 11 is 2.26. The van der Waals surface area contributed by atoms with Gasteiger partial charge in [-0.3, -0.25) is 23.3 Å². The van der Waals surface area contributed by atoms with E-state index in [2.05, 4.69) is 85.1 Å². The molecule has 2 aliphatic rings. The summed E-state index contributed by atoms with van der Waals surface area (Å²) in [6, 6.07) is 13.8. The highest BCUT2D eigenvalue weighted by Gasteiger charge is 2.48. The van der Waals surface area contributed by atoms with Gasteiger partial charge in [-0.25, -0.2) is 19.9 Å². The second-order valence-electron chi connectivity index (χ2n) is 14.1. The topological polar surface area (TPSA) is 335 Å². The van der Waals surface area contributed by atoms with E-state index in [-0.39, 0.29) is 17.1 Å². The molecule has 63 heavy (non-hydrogen) atoms. The zero-order chi connectivity index (χ0) is 45.2. The molecule has 6 aromatic rings. The molecule has 0 spiro atoms. The maximum Gasteiger partial charge on any atom is 0.294 e. The van der Waals surface area contributed by atoms with Crippen molar-refractivity contribution >= 4 is 84.4 Å². The Balaban J connectivity index is 0.000000189. The molecule has 334 valence electrons. The third-order valence-electron chi connectivity index (χ3n) is 10.0. The minimum absolute atomic E-state index is 0.169. The van der Waals surface area contributed by atoms with Crippen LogP contribution in [0.2, 0.25) is 0 Å². The van der Waals surface area contributed by atoms with Crippen LogP contribution in [0.5, 0.6) is 0 Å². The van der Waals surface area contributed by atoms with E-state index in [1.54, 1.807) is 13.1 Å². The van der Waals surface area contributed by atoms with E-state index in [0.717, 1.165) is 9.13 Å². The summed E-state index contributed by atoms with van der Waals surface area (Å²) in [5.74, 6) is 0.0662. The fourth-order valence-corrected chi connectivity index (χ4v) is 7.99. The highest BCUT2D eigenvalue weighted by atomic mass is 127. The number of likely N-dealkylation sites (N-methyl/N-ethyl adjacent to an activating group) is 2.